The molecule has 0 unspecified atom stereocenters. The number of rotatable bonds is 7. The van der Waals surface area contributed by atoms with Crippen LogP contribution in [0.5, 0.6) is 5.75 Å². The summed E-state index contributed by atoms with van der Waals surface area (Å²) in [6, 6.07) is 7.83. The van der Waals surface area contributed by atoms with Crippen LogP contribution in [0.25, 0.3) is 10.6 Å². The molecule has 1 heterocycles. The quantitative estimate of drug-likeness (QED) is 0.778. The molecule has 1 aliphatic carbocycles. The second-order valence-corrected chi connectivity index (χ2v) is 6.41. The molecule has 1 aromatic carbocycles. The fraction of sp³-hybridized carbons (Fsp3) is 0.353. The predicted octanol–water partition coefficient (Wildman–Crippen LogP) is 2.18. The van der Waals surface area contributed by atoms with Crippen molar-refractivity contribution in [1.82, 2.24) is 10.3 Å². The molecule has 24 heavy (non-hydrogen) atoms. The minimum Gasteiger partial charge on any atom is -0.497 e. The van der Waals surface area contributed by atoms with E-state index in [9.17, 15) is 9.59 Å². The zero-order chi connectivity index (χ0) is 16.9. The fourth-order valence-electron chi connectivity index (χ4n) is 2.10. The molecular weight excluding hydrogens is 328 g/mol. The van der Waals surface area contributed by atoms with Crippen molar-refractivity contribution >= 4 is 23.2 Å². The number of methoxy groups -OCH3 is 1. The molecule has 0 aliphatic heterocycles. The van der Waals surface area contributed by atoms with Gasteiger partial charge in [0.2, 0.25) is 0 Å². The topological polar surface area (TPSA) is 77.5 Å². The molecule has 2 aromatic rings. The number of carbonyl (C=O) groups excluding carboxylic acids is 2. The number of benzene rings is 1. The summed E-state index contributed by atoms with van der Waals surface area (Å²) in [7, 11) is 1.62. The second kappa shape index (κ2) is 7.44. The molecule has 7 heteroatoms. The fourth-order valence-corrected chi connectivity index (χ4v) is 2.92. The van der Waals surface area contributed by atoms with Gasteiger partial charge in [-0.3, -0.25) is 9.59 Å². The van der Waals surface area contributed by atoms with E-state index < -0.39 is 5.97 Å². The molecule has 0 saturated heterocycles. The number of aromatic nitrogens is 1. The van der Waals surface area contributed by atoms with Crippen molar-refractivity contribution in [2.24, 2.45) is 0 Å². The lowest BCUT2D eigenvalue weighted by Gasteiger charge is -2.04. The number of amides is 1. The van der Waals surface area contributed by atoms with Gasteiger partial charge in [0.25, 0.3) is 5.91 Å². The lowest BCUT2D eigenvalue weighted by Crippen LogP contribution is -2.30. The van der Waals surface area contributed by atoms with Gasteiger partial charge in [-0.2, -0.15) is 0 Å². The molecule has 0 atom stereocenters. The van der Waals surface area contributed by atoms with Crippen molar-refractivity contribution < 1.29 is 19.1 Å². The number of nitrogens with one attached hydrogen (secondary N) is 1. The summed E-state index contributed by atoms with van der Waals surface area (Å²) in [5, 5.41) is 5.42. The van der Waals surface area contributed by atoms with Crippen LogP contribution in [0.3, 0.4) is 0 Å². The standard InChI is InChI=1S/C17H18N2O4S/c1-22-14-6-2-11(3-7-14)17-19-13(10-24-17)8-16(21)23-9-15(20)18-12-4-5-12/h2-3,6-7,10,12H,4-5,8-9H2,1H3,(H,18,20). The van der Waals surface area contributed by atoms with Crippen LogP contribution in [0.4, 0.5) is 0 Å². The third kappa shape index (κ3) is 4.55. The first kappa shape index (κ1) is 16.4. The summed E-state index contributed by atoms with van der Waals surface area (Å²) < 4.78 is 10.1. The molecule has 1 aromatic heterocycles. The number of esters is 1. The number of hydrogen-bond donors (Lipinski definition) is 1. The highest BCUT2D eigenvalue weighted by Gasteiger charge is 2.23. The largest absolute Gasteiger partial charge is 0.497 e. The highest BCUT2D eigenvalue weighted by atomic mass is 32.1. The van der Waals surface area contributed by atoms with Gasteiger partial charge in [-0.25, -0.2) is 4.98 Å². The van der Waals surface area contributed by atoms with Gasteiger partial charge < -0.3 is 14.8 Å². The summed E-state index contributed by atoms with van der Waals surface area (Å²) in [6.45, 7) is -0.231. The van der Waals surface area contributed by atoms with Crippen LogP contribution in [0.15, 0.2) is 29.6 Å². The van der Waals surface area contributed by atoms with E-state index in [0.717, 1.165) is 29.2 Å². The minimum absolute atomic E-state index is 0.0589. The van der Waals surface area contributed by atoms with Crippen LogP contribution in [0, 0.1) is 0 Å². The van der Waals surface area contributed by atoms with Crippen molar-refractivity contribution in [3.63, 3.8) is 0 Å². The molecule has 1 N–H and O–H groups in total. The molecule has 1 amide bonds. The average molecular weight is 346 g/mol. The van der Waals surface area contributed by atoms with Crippen molar-refractivity contribution in [3.05, 3.63) is 35.3 Å². The van der Waals surface area contributed by atoms with Gasteiger partial charge in [-0.15, -0.1) is 11.3 Å². The Morgan fingerprint density at radius 3 is 2.71 bits per heavy atom. The molecule has 0 spiro atoms. The maximum absolute atomic E-state index is 11.8. The van der Waals surface area contributed by atoms with E-state index in [1.807, 2.05) is 29.6 Å². The minimum atomic E-state index is -0.451. The van der Waals surface area contributed by atoms with Gasteiger partial charge in [-0.05, 0) is 37.1 Å². The first-order chi connectivity index (χ1) is 11.6. The van der Waals surface area contributed by atoms with E-state index in [4.69, 9.17) is 9.47 Å². The van der Waals surface area contributed by atoms with E-state index in [1.54, 1.807) is 7.11 Å². The van der Waals surface area contributed by atoms with Gasteiger partial charge in [0.05, 0.1) is 19.2 Å². The smallest absolute Gasteiger partial charge is 0.312 e. The van der Waals surface area contributed by atoms with Gasteiger partial charge in [0.1, 0.15) is 10.8 Å². The van der Waals surface area contributed by atoms with E-state index in [-0.39, 0.29) is 25.0 Å². The van der Waals surface area contributed by atoms with Crippen molar-refractivity contribution in [2.45, 2.75) is 25.3 Å². The molecule has 1 aliphatic rings. The Bertz CT molecular complexity index is 722. The van der Waals surface area contributed by atoms with Crippen LogP contribution < -0.4 is 10.1 Å². The number of thiazole rings is 1. The molecular formula is C17H18N2O4S. The third-order valence-corrected chi connectivity index (χ3v) is 4.46. The summed E-state index contributed by atoms with van der Waals surface area (Å²) in [6.07, 6.45) is 2.07. The first-order valence-electron chi connectivity index (χ1n) is 7.68. The highest BCUT2D eigenvalue weighted by molar-refractivity contribution is 7.13. The third-order valence-electron chi connectivity index (χ3n) is 3.52. The molecule has 0 bridgehead atoms. The Balaban J connectivity index is 1.50. The van der Waals surface area contributed by atoms with E-state index in [0.29, 0.717) is 5.69 Å². The van der Waals surface area contributed by atoms with E-state index >= 15 is 0 Å². The normalized spacial score (nSPS) is 13.4. The number of hydrogen-bond acceptors (Lipinski definition) is 6. The summed E-state index contributed by atoms with van der Waals surface area (Å²) >= 11 is 1.46. The molecule has 6 nitrogen and oxygen atoms in total. The van der Waals surface area contributed by atoms with Crippen LogP contribution in [0.2, 0.25) is 0 Å². The average Bonchev–Trinajstić information content (AvgIpc) is 3.28. The Hall–Kier alpha value is -2.41. The zero-order valence-corrected chi connectivity index (χ0v) is 14.1. The molecule has 126 valence electrons. The van der Waals surface area contributed by atoms with Crippen LogP contribution >= 0.6 is 11.3 Å². The molecule has 1 fully saturated rings. The SMILES string of the molecule is COc1ccc(-c2nc(CC(=O)OCC(=O)NC3CC3)cs2)cc1. The lowest BCUT2D eigenvalue weighted by molar-refractivity contribution is -0.147. The zero-order valence-electron chi connectivity index (χ0n) is 13.3. The summed E-state index contributed by atoms with van der Waals surface area (Å²) in [4.78, 5) is 27.7. The van der Waals surface area contributed by atoms with E-state index in [1.165, 1.54) is 11.3 Å². The molecule has 3 rings (SSSR count). The number of nitrogens with zero attached hydrogens (tertiary/aromatic N) is 1. The first-order valence-corrected chi connectivity index (χ1v) is 8.56. The Morgan fingerprint density at radius 2 is 2.04 bits per heavy atom. The van der Waals surface area contributed by atoms with Gasteiger partial charge in [-0.1, -0.05) is 0 Å². The monoisotopic (exact) mass is 346 g/mol. The summed E-state index contributed by atoms with van der Waals surface area (Å²) in [5.74, 6) is 0.0826. The highest BCUT2D eigenvalue weighted by Crippen LogP contribution is 2.26. The summed E-state index contributed by atoms with van der Waals surface area (Å²) in [5.41, 5.74) is 1.60. The van der Waals surface area contributed by atoms with Crippen molar-refractivity contribution in [3.8, 4) is 16.3 Å². The maximum atomic E-state index is 11.8. The van der Waals surface area contributed by atoms with Crippen LogP contribution in [0.1, 0.15) is 18.5 Å². The lowest BCUT2D eigenvalue weighted by atomic mass is 10.2. The Kier molecular flexibility index (Phi) is 5.10. The number of carbonyl (C=O) groups is 2. The van der Waals surface area contributed by atoms with Crippen molar-refractivity contribution in [2.75, 3.05) is 13.7 Å². The van der Waals surface area contributed by atoms with Gasteiger partial charge >= 0.3 is 5.97 Å². The Morgan fingerprint density at radius 1 is 1.29 bits per heavy atom. The molecule has 0 radical (unpaired) electrons. The second-order valence-electron chi connectivity index (χ2n) is 5.55. The van der Waals surface area contributed by atoms with Crippen LogP contribution in [-0.4, -0.2) is 36.6 Å². The van der Waals surface area contributed by atoms with E-state index in [2.05, 4.69) is 10.3 Å². The Labute approximate surface area is 143 Å². The number of ether oxygens (including phenoxy) is 2. The van der Waals surface area contributed by atoms with Crippen LogP contribution in [-0.2, 0) is 20.7 Å². The van der Waals surface area contributed by atoms with Gasteiger partial charge in [0, 0.05) is 17.0 Å². The predicted molar refractivity (Wildman–Crippen MR) is 89.9 cm³/mol. The molecule has 1 saturated carbocycles. The maximum Gasteiger partial charge on any atom is 0.312 e. The van der Waals surface area contributed by atoms with Crippen molar-refractivity contribution in [1.29, 1.82) is 0 Å². The van der Waals surface area contributed by atoms with Gasteiger partial charge in [0.15, 0.2) is 6.61 Å².